The summed E-state index contributed by atoms with van der Waals surface area (Å²) in [7, 11) is 0. The molecule has 1 unspecified atom stereocenters. The van der Waals surface area contributed by atoms with Crippen molar-refractivity contribution < 1.29 is 9.53 Å². The Kier molecular flexibility index (Phi) is 3.90. The standard InChI is InChI=1S/C9H17NO2S/c1-7(2)4-12-9(11)10-6-13-5-8(10)3/h7-8H,4-6H2,1-3H3. The Balaban J connectivity index is 2.30. The molecule has 1 atom stereocenters. The first-order valence-electron chi connectivity index (χ1n) is 4.62. The van der Waals surface area contributed by atoms with Crippen molar-refractivity contribution in [3.8, 4) is 0 Å². The quantitative estimate of drug-likeness (QED) is 0.689. The maximum Gasteiger partial charge on any atom is 0.410 e. The van der Waals surface area contributed by atoms with Crippen molar-refractivity contribution >= 4 is 17.9 Å². The fourth-order valence-corrected chi connectivity index (χ4v) is 2.28. The van der Waals surface area contributed by atoms with Gasteiger partial charge in [0.15, 0.2) is 0 Å². The highest BCUT2D eigenvalue weighted by Gasteiger charge is 2.26. The zero-order chi connectivity index (χ0) is 9.84. The van der Waals surface area contributed by atoms with E-state index in [4.69, 9.17) is 4.74 Å². The van der Waals surface area contributed by atoms with Crippen LogP contribution >= 0.6 is 11.8 Å². The highest BCUT2D eigenvalue weighted by atomic mass is 32.2. The highest BCUT2D eigenvalue weighted by Crippen LogP contribution is 2.20. The van der Waals surface area contributed by atoms with E-state index in [0.29, 0.717) is 18.6 Å². The molecule has 0 aromatic heterocycles. The molecule has 13 heavy (non-hydrogen) atoms. The second-order valence-corrected chi connectivity index (χ2v) is 4.79. The number of rotatable bonds is 2. The van der Waals surface area contributed by atoms with Crippen LogP contribution < -0.4 is 0 Å². The number of thioether (sulfide) groups is 1. The lowest BCUT2D eigenvalue weighted by Crippen LogP contribution is -2.35. The first-order chi connectivity index (χ1) is 6.11. The van der Waals surface area contributed by atoms with Gasteiger partial charge in [0.2, 0.25) is 0 Å². The van der Waals surface area contributed by atoms with Gasteiger partial charge in [-0.2, -0.15) is 0 Å². The molecule has 1 aliphatic rings. The Bertz CT molecular complexity index is 184. The molecule has 0 saturated carbocycles. The molecular formula is C9H17NO2S. The average molecular weight is 203 g/mol. The monoisotopic (exact) mass is 203 g/mol. The van der Waals surface area contributed by atoms with Gasteiger partial charge in [-0.3, -0.25) is 4.90 Å². The number of hydrogen-bond acceptors (Lipinski definition) is 3. The zero-order valence-electron chi connectivity index (χ0n) is 8.45. The van der Waals surface area contributed by atoms with Crippen molar-refractivity contribution in [3.63, 3.8) is 0 Å². The molecule has 1 aliphatic heterocycles. The van der Waals surface area contributed by atoms with Crippen molar-refractivity contribution in [2.75, 3.05) is 18.2 Å². The molecule has 0 spiro atoms. The van der Waals surface area contributed by atoms with Gasteiger partial charge in [-0.05, 0) is 12.8 Å². The van der Waals surface area contributed by atoms with Crippen LogP contribution in [0.25, 0.3) is 0 Å². The molecule has 0 aromatic carbocycles. The van der Waals surface area contributed by atoms with E-state index in [1.165, 1.54) is 0 Å². The largest absolute Gasteiger partial charge is 0.449 e. The van der Waals surface area contributed by atoms with Crippen LogP contribution in [0.15, 0.2) is 0 Å². The average Bonchev–Trinajstić information content (AvgIpc) is 2.47. The van der Waals surface area contributed by atoms with Crippen LogP contribution in [0.4, 0.5) is 4.79 Å². The lowest BCUT2D eigenvalue weighted by atomic mass is 10.2. The van der Waals surface area contributed by atoms with Crippen LogP contribution in [-0.2, 0) is 4.74 Å². The molecule has 1 fully saturated rings. The molecule has 76 valence electrons. The normalized spacial score (nSPS) is 22.5. The molecule has 1 rings (SSSR count). The second-order valence-electron chi connectivity index (χ2n) is 3.79. The van der Waals surface area contributed by atoms with Crippen LogP contribution in [0.1, 0.15) is 20.8 Å². The van der Waals surface area contributed by atoms with Gasteiger partial charge in [-0.15, -0.1) is 11.8 Å². The smallest absolute Gasteiger partial charge is 0.410 e. The Morgan fingerprint density at radius 1 is 1.69 bits per heavy atom. The Morgan fingerprint density at radius 3 is 2.85 bits per heavy atom. The first-order valence-corrected chi connectivity index (χ1v) is 5.78. The van der Waals surface area contributed by atoms with Gasteiger partial charge >= 0.3 is 6.09 Å². The van der Waals surface area contributed by atoms with E-state index in [2.05, 4.69) is 6.92 Å². The lowest BCUT2D eigenvalue weighted by molar-refractivity contribution is 0.0925. The highest BCUT2D eigenvalue weighted by molar-refractivity contribution is 7.99. The fraction of sp³-hybridized carbons (Fsp3) is 0.889. The molecule has 0 aliphatic carbocycles. The van der Waals surface area contributed by atoms with E-state index in [1.807, 2.05) is 13.8 Å². The summed E-state index contributed by atoms with van der Waals surface area (Å²) in [6.45, 7) is 6.65. The molecule has 1 heterocycles. The molecule has 1 amide bonds. The Labute approximate surface area is 83.8 Å². The first kappa shape index (κ1) is 10.7. The summed E-state index contributed by atoms with van der Waals surface area (Å²) < 4.78 is 5.13. The van der Waals surface area contributed by atoms with E-state index in [9.17, 15) is 4.79 Å². The lowest BCUT2D eigenvalue weighted by Gasteiger charge is -2.20. The van der Waals surface area contributed by atoms with Crippen LogP contribution in [0, 0.1) is 5.92 Å². The summed E-state index contributed by atoms with van der Waals surface area (Å²) in [5, 5.41) is 0. The van der Waals surface area contributed by atoms with Gasteiger partial charge in [-0.1, -0.05) is 13.8 Å². The van der Waals surface area contributed by atoms with Crippen molar-refractivity contribution in [2.24, 2.45) is 5.92 Å². The molecule has 0 bridgehead atoms. The predicted molar refractivity (Wildman–Crippen MR) is 54.8 cm³/mol. The number of amides is 1. The molecule has 4 heteroatoms. The fourth-order valence-electron chi connectivity index (χ4n) is 1.09. The van der Waals surface area contributed by atoms with E-state index in [1.54, 1.807) is 16.7 Å². The van der Waals surface area contributed by atoms with Crippen molar-refractivity contribution in [1.29, 1.82) is 0 Å². The number of carbonyl (C=O) groups is 1. The van der Waals surface area contributed by atoms with Crippen LogP contribution in [0.3, 0.4) is 0 Å². The topological polar surface area (TPSA) is 29.5 Å². The molecule has 0 aromatic rings. The maximum absolute atomic E-state index is 11.5. The van der Waals surface area contributed by atoms with E-state index in [-0.39, 0.29) is 6.09 Å². The molecule has 0 radical (unpaired) electrons. The minimum atomic E-state index is -0.161. The van der Waals surface area contributed by atoms with E-state index in [0.717, 1.165) is 11.6 Å². The van der Waals surface area contributed by atoms with Crippen molar-refractivity contribution in [3.05, 3.63) is 0 Å². The van der Waals surface area contributed by atoms with Gasteiger partial charge in [0.05, 0.1) is 12.5 Å². The number of hydrogen-bond donors (Lipinski definition) is 0. The Hall–Kier alpha value is -0.380. The van der Waals surface area contributed by atoms with Crippen LogP contribution in [-0.4, -0.2) is 35.3 Å². The summed E-state index contributed by atoms with van der Waals surface area (Å²) in [4.78, 5) is 13.2. The molecular weight excluding hydrogens is 186 g/mol. The van der Waals surface area contributed by atoms with Gasteiger partial charge in [0.25, 0.3) is 0 Å². The molecule has 1 saturated heterocycles. The summed E-state index contributed by atoms with van der Waals surface area (Å²) in [5.74, 6) is 2.21. The Morgan fingerprint density at radius 2 is 2.38 bits per heavy atom. The molecule has 3 nitrogen and oxygen atoms in total. The summed E-state index contributed by atoms with van der Waals surface area (Å²) in [5.41, 5.74) is 0. The van der Waals surface area contributed by atoms with Gasteiger partial charge in [0, 0.05) is 11.8 Å². The maximum atomic E-state index is 11.5. The SMILES string of the molecule is CC(C)COC(=O)N1CSCC1C. The van der Waals surface area contributed by atoms with Crippen molar-refractivity contribution in [2.45, 2.75) is 26.8 Å². The minimum absolute atomic E-state index is 0.161. The summed E-state index contributed by atoms with van der Waals surface area (Å²) >= 11 is 1.78. The predicted octanol–water partition coefficient (Wildman–Crippen LogP) is 2.17. The minimum Gasteiger partial charge on any atom is -0.449 e. The number of carbonyl (C=O) groups excluding carboxylic acids is 1. The van der Waals surface area contributed by atoms with E-state index < -0.39 is 0 Å². The van der Waals surface area contributed by atoms with Crippen molar-refractivity contribution in [1.82, 2.24) is 4.90 Å². The van der Waals surface area contributed by atoms with Gasteiger partial charge in [0.1, 0.15) is 0 Å². The summed E-state index contributed by atoms with van der Waals surface area (Å²) in [6.07, 6.45) is -0.161. The van der Waals surface area contributed by atoms with Gasteiger partial charge < -0.3 is 4.74 Å². The molecule has 0 N–H and O–H groups in total. The van der Waals surface area contributed by atoms with Crippen LogP contribution in [0.5, 0.6) is 0 Å². The number of nitrogens with zero attached hydrogens (tertiary/aromatic N) is 1. The third-order valence-corrected chi connectivity index (χ3v) is 3.07. The van der Waals surface area contributed by atoms with Crippen LogP contribution in [0.2, 0.25) is 0 Å². The number of ether oxygens (including phenoxy) is 1. The zero-order valence-corrected chi connectivity index (χ0v) is 9.26. The van der Waals surface area contributed by atoms with Gasteiger partial charge in [-0.25, -0.2) is 4.79 Å². The van der Waals surface area contributed by atoms with E-state index >= 15 is 0 Å². The summed E-state index contributed by atoms with van der Waals surface area (Å²) in [6, 6.07) is 0.324. The second kappa shape index (κ2) is 4.74. The third kappa shape index (κ3) is 3.10. The third-order valence-electron chi connectivity index (χ3n) is 1.90.